The van der Waals surface area contributed by atoms with E-state index in [1.54, 1.807) is 6.07 Å². The summed E-state index contributed by atoms with van der Waals surface area (Å²) < 4.78 is 57.4. The van der Waals surface area contributed by atoms with E-state index in [4.69, 9.17) is 16.3 Å². The highest BCUT2D eigenvalue weighted by atomic mass is 35.5. The van der Waals surface area contributed by atoms with Gasteiger partial charge in [-0.15, -0.1) is 0 Å². The lowest BCUT2D eigenvalue weighted by atomic mass is 10.2. The van der Waals surface area contributed by atoms with Crippen LogP contribution in [-0.4, -0.2) is 47.2 Å². The minimum absolute atomic E-state index is 0.0388. The molecule has 0 aromatic heterocycles. The first-order valence-corrected chi connectivity index (χ1v) is 11.7. The van der Waals surface area contributed by atoms with Gasteiger partial charge in [-0.2, -0.15) is 4.72 Å². The maximum atomic E-state index is 12.3. The number of benzene rings is 2. The van der Waals surface area contributed by atoms with Crippen LogP contribution < -0.4 is 4.72 Å². The monoisotopic (exact) mass is 460 g/mol. The summed E-state index contributed by atoms with van der Waals surface area (Å²) in [5.74, 6) is -0.802. The number of ether oxygens (including phenoxy) is 1. The van der Waals surface area contributed by atoms with Gasteiger partial charge in [0, 0.05) is 19.1 Å². The molecule has 8 nitrogen and oxygen atoms in total. The average molecular weight is 461 g/mol. The third kappa shape index (κ3) is 6.00. The smallest absolute Gasteiger partial charge is 0.324 e. The second-order valence-electron chi connectivity index (χ2n) is 6.34. The first-order valence-electron chi connectivity index (χ1n) is 8.39. The zero-order valence-electron chi connectivity index (χ0n) is 16.0. The van der Waals surface area contributed by atoms with Gasteiger partial charge < -0.3 is 4.74 Å². The predicted octanol–water partition coefficient (Wildman–Crippen LogP) is 2.00. The number of hydrogen-bond acceptors (Lipinski definition) is 6. The fourth-order valence-electron chi connectivity index (χ4n) is 2.25. The maximum Gasteiger partial charge on any atom is 0.324 e. The first kappa shape index (κ1) is 23.3. The molecule has 2 rings (SSSR count). The van der Waals surface area contributed by atoms with Crippen LogP contribution in [0.1, 0.15) is 12.5 Å². The summed E-state index contributed by atoms with van der Waals surface area (Å²) in [5.41, 5.74) is 0.453. The predicted molar refractivity (Wildman–Crippen MR) is 108 cm³/mol. The third-order valence-corrected chi connectivity index (χ3v) is 7.49. The number of sulfonamides is 2. The fourth-order valence-corrected chi connectivity index (χ4v) is 4.54. The Hall–Kier alpha value is -1.98. The van der Waals surface area contributed by atoms with Gasteiger partial charge in [-0.05, 0) is 48.9 Å². The Morgan fingerprint density at radius 2 is 1.69 bits per heavy atom. The zero-order chi connectivity index (χ0) is 21.8. The Morgan fingerprint density at radius 1 is 1.07 bits per heavy atom. The van der Waals surface area contributed by atoms with Crippen molar-refractivity contribution in [2.45, 2.75) is 29.4 Å². The van der Waals surface area contributed by atoms with E-state index >= 15 is 0 Å². The normalized spacial score (nSPS) is 13.3. The molecule has 0 unspecified atom stereocenters. The molecule has 0 aliphatic heterocycles. The number of carbonyl (C=O) groups is 1. The van der Waals surface area contributed by atoms with Crippen molar-refractivity contribution in [3.05, 3.63) is 59.1 Å². The molecule has 0 saturated heterocycles. The van der Waals surface area contributed by atoms with Crippen molar-refractivity contribution in [1.82, 2.24) is 9.03 Å². The molecule has 0 spiro atoms. The van der Waals surface area contributed by atoms with Crippen LogP contribution in [0.25, 0.3) is 0 Å². The van der Waals surface area contributed by atoms with Gasteiger partial charge in [0.25, 0.3) is 0 Å². The van der Waals surface area contributed by atoms with Gasteiger partial charge in [0.1, 0.15) is 12.6 Å². The van der Waals surface area contributed by atoms with Crippen LogP contribution in [0.5, 0.6) is 0 Å². The van der Waals surface area contributed by atoms with Gasteiger partial charge in [0.05, 0.1) is 9.79 Å². The van der Waals surface area contributed by atoms with Crippen LogP contribution in [0.2, 0.25) is 5.02 Å². The minimum Gasteiger partial charge on any atom is -0.460 e. The van der Waals surface area contributed by atoms with Crippen LogP contribution in [-0.2, 0) is 36.2 Å². The molecule has 0 amide bonds. The van der Waals surface area contributed by atoms with Crippen LogP contribution in [0, 0.1) is 0 Å². The summed E-state index contributed by atoms with van der Waals surface area (Å²) in [7, 11) is -4.73. The maximum absolute atomic E-state index is 12.3. The number of nitrogens with zero attached hydrogens (tertiary/aromatic N) is 1. The van der Waals surface area contributed by atoms with E-state index in [9.17, 15) is 21.6 Å². The number of carbonyl (C=O) groups excluding carboxylic acids is 1. The van der Waals surface area contributed by atoms with Crippen LogP contribution in [0.3, 0.4) is 0 Å². The molecule has 1 N–H and O–H groups in total. The lowest BCUT2D eigenvalue weighted by molar-refractivity contribution is -0.146. The molecule has 0 aliphatic rings. The Balaban J connectivity index is 2.03. The van der Waals surface area contributed by atoms with Gasteiger partial charge in [-0.3, -0.25) is 4.79 Å². The molecule has 0 fully saturated rings. The van der Waals surface area contributed by atoms with Crippen molar-refractivity contribution in [2.24, 2.45) is 0 Å². The molecule has 0 saturated carbocycles. The topological polar surface area (TPSA) is 110 Å². The average Bonchev–Trinajstić information content (AvgIpc) is 2.66. The Morgan fingerprint density at radius 3 is 2.28 bits per heavy atom. The van der Waals surface area contributed by atoms with Gasteiger partial charge in [0.2, 0.25) is 20.0 Å². The van der Waals surface area contributed by atoms with Gasteiger partial charge >= 0.3 is 5.97 Å². The summed E-state index contributed by atoms with van der Waals surface area (Å²) in [6.45, 7) is 1.14. The molecule has 29 heavy (non-hydrogen) atoms. The first-order chi connectivity index (χ1) is 13.4. The number of halogens is 1. The van der Waals surface area contributed by atoms with E-state index in [2.05, 4.69) is 4.72 Å². The Labute approximate surface area is 175 Å². The van der Waals surface area contributed by atoms with E-state index < -0.39 is 32.1 Å². The minimum atomic E-state index is -3.93. The van der Waals surface area contributed by atoms with E-state index in [1.165, 1.54) is 63.5 Å². The molecule has 2 aromatic carbocycles. The van der Waals surface area contributed by atoms with Crippen molar-refractivity contribution in [2.75, 3.05) is 14.1 Å². The van der Waals surface area contributed by atoms with E-state index in [0.29, 0.717) is 10.6 Å². The molecular weight excluding hydrogens is 440 g/mol. The molecule has 11 heteroatoms. The molecular formula is C18H21ClN2O6S2. The molecule has 0 aliphatic carbocycles. The quantitative estimate of drug-likeness (QED) is 0.603. The van der Waals surface area contributed by atoms with Gasteiger partial charge in [-0.1, -0.05) is 23.7 Å². The van der Waals surface area contributed by atoms with E-state index in [-0.39, 0.29) is 16.4 Å². The van der Waals surface area contributed by atoms with E-state index in [0.717, 1.165) is 4.31 Å². The molecule has 0 bridgehead atoms. The lowest BCUT2D eigenvalue weighted by Gasteiger charge is -2.15. The van der Waals surface area contributed by atoms with Crippen molar-refractivity contribution in [1.29, 1.82) is 0 Å². The van der Waals surface area contributed by atoms with Gasteiger partial charge in [-0.25, -0.2) is 21.1 Å². The summed E-state index contributed by atoms with van der Waals surface area (Å²) >= 11 is 5.74. The SMILES string of the molecule is C[C@H](NS(=O)(=O)c1ccc(Cl)cc1)C(=O)OCc1cccc(S(=O)(=O)N(C)C)c1. The Kier molecular flexibility index (Phi) is 7.41. The van der Waals surface area contributed by atoms with E-state index in [1.807, 2.05) is 0 Å². The van der Waals surface area contributed by atoms with Crippen LogP contribution in [0.4, 0.5) is 0 Å². The van der Waals surface area contributed by atoms with Crippen molar-refractivity contribution >= 4 is 37.6 Å². The van der Waals surface area contributed by atoms with Gasteiger partial charge in [0.15, 0.2) is 0 Å². The zero-order valence-corrected chi connectivity index (χ0v) is 18.4. The Bertz CT molecular complexity index is 1080. The third-order valence-electron chi connectivity index (χ3n) is 3.87. The van der Waals surface area contributed by atoms with Crippen molar-refractivity contribution < 1.29 is 26.4 Å². The largest absolute Gasteiger partial charge is 0.460 e. The molecule has 2 aromatic rings. The number of rotatable bonds is 8. The standard InChI is InChI=1S/C18H21ClN2O6S2/c1-13(20-28(23,24)16-9-7-15(19)8-10-16)18(22)27-12-14-5-4-6-17(11-14)29(25,26)21(2)3/h4-11,13,20H,12H2,1-3H3/t13-/m0/s1. The van der Waals surface area contributed by atoms with Crippen LogP contribution >= 0.6 is 11.6 Å². The van der Waals surface area contributed by atoms with Crippen molar-refractivity contribution in [3.8, 4) is 0 Å². The number of esters is 1. The lowest BCUT2D eigenvalue weighted by Crippen LogP contribution is -2.39. The second-order valence-corrected chi connectivity index (χ2v) is 10.6. The highest BCUT2D eigenvalue weighted by Gasteiger charge is 2.23. The number of hydrogen-bond donors (Lipinski definition) is 1. The molecule has 158 valence electrons. The summed E-state index contributed by atoms with van der Waals surface area (Å²) in [5, 5.41) is 0.384. The summed E-state index contributed by atoms with van der Waals surface area (Å²) in [6, 6.07) is 10.3. The highest BCUT2D eigenvalue weighted by molar-refractivity contribution is 7.89. The molecule has 0 heterocycles. The van der Waals surface area contributed by atoms with Crippen molar-refractivity contribution in [3.63, 3.8) is 0 Å². The summed E-state index contributed by atoms with van der Waals surface area (Å²) in [4.78, 5) is 12.2. The molecule has 0 radical (unpaired) electrons. The number of nitrogens with one attached hydrogen (secondary N) is 1. The second kappa shape index (κ2) is 9.23. The van der Waals surface area contributed by atoms with Crippen LogP contribution in [0.15, 0.2) is 58.3 Å². The molecule has 1 atom stereocenters. The highest BCUT2D eigenvalue weighted by Crippen LogP contribution is 2.16. The fraction of sp³-hybridized carbons (Fsp3) is 0.278. The summed E-state index contributed by atoms with van der Waals surface area (Å²) in [6.07, 6.45) is 0.